The number of nitrogens with two attached hydrogens (primary N) is 1. The SMILES string of the molecule is Nc1c(C(F)F)c(C(=O)O)c[nH]c1=O. The summed E-state index contributed by atoms with van der Waals surface area (Å²) in [6, 6.07) is 0. The third-order valence-electron chi connectivity index (χ3n) is 1.62. The Bertz CT molecular complexity index is 427. The summed E-state index contributed by atoms with van der Waals surface area (Å²) in [5, 5.41) is 8.52. The van der Waals surface area contributed by atoms with E-state index in [-0.39, 0.29) is 0 Å². The first-order valence-corrected chi connectivity index (χ1v) is 3.47. The molecule has 0 radical (unpaired) electrons. The standard InChI is InChI=1S/C7H6F2N2O3/c8-5(9)3-2(7(13)14)1-11-6(12)4(3)10/h1,5H,10H2,(H,11,12)(H,13,14). The third-order valence-corrected chi connectivity index (χ3v) is 1.62. The first kappa shape index (κ1) is 10.2. The highest BCUT2D eigenvalue weighted by molar-refractivity contribution is 5.90. The van der Waals surface area contributed by atoms with Crippen molar-refractivity contribution in [3.05, 3.63) is 27.7 Å². The van der Waals surface area contributed by atoms with Gasteiger partial charge in [0.1, 0.15) is 5.69 Å². The number of alkyl halides is 2. The number of carboxylic acid groups (broad SMARTS) is 1. The minimum atomic E-state index is -3.09. The zero-order valence-corrected chi connectivity index (χ0v) is 6.75. The highest BCUT2D eigenvalue weighted by Crippen LogP contribution is 2.25. The largest absolute Gasteiger partial charge is 0.478 e. The smallest absolute Gasteiger partial charge is 0.337 e. The van der Waals surface area contributed by atoms with E-state index in [2.05, 4.69) is 0 Å². The number of hydrogen-bond acceptors (Lipinski definition) is 3. The van der Waals surface area contributed by atoms with Gasteiger partial charge in [0.15, 0.2) is 0 Å². The lowest BCUT2D eigenvalue weighted by atomic mass is 10.1. The minimum Gasteiger partial charge on any atom is -0.478 e. The summed E-state index contributed by atoms with van der Waals surface area (Å²) in [5.74, 6) is -1.57. The molecule has 0 aliphatic rings. The van der Waals surface area contributed by atoms with E-state index in [4.69, 9.17) is 10.8 Å². The Labute approximate surface area is 76.2 Å². The topological polar surface area (TPSA) is 96.2 Å². The average molecular weight is 204 g/mol. The molecule has 0 bridgehead atoms. The zero-order chi connectivity index (χ0) is 10.9. The van der Waals surface area contributed by atoms with E-state index in [0.29, 0.717) is 6.20 Å². The van der Waals surface area contributed by atoms with Crippen molar-refractivity contribution in [2.24, 2.45) is 0 Å². The van der Waals surface area contributed by atoms with Crippen LogP contribution in [0.15, 0.2) is 11.0 Å². The lowest BCUT2D eigenvalue weighted by Crippen LogP contribution is -2.18. The molecular weight excluding hydrogens is 198 g/mol. The molecule has 0 aliphatic carbocycles. The molecule has 0 atom stereocenters. The molecule has 0 aliphatic heterocycles. The van der Waals surface area contributed by atoms with Crippen LogP contribution in [0, 0.1) is 0 Å². The third kappa shape index (κ3) is 1.56. The van der Waals surface area contributed by atoms with Crippen LogP contribution in [0.1, 0.15) is 22.3 Å². The summed E-state index contributed by atoms with van der Waals surface area (Å²) in [5.41, 5.74) is 1.71. The fraction of sp³-hybridized carbons (Fsp3) is 0.143. The fourth-order valence-electron chi connectivity index (χ4n) is 0.973. The minimum absolute atomic E-state index is 0.697. The van der Waals surface area contributed by atoms with Crippen molar-refractivity contribution in [1.29, 1.82) is 0 Å². The number of aromatic nitrogens is 1. The summed E-state index contributed by atoms with van der Waals surface area (Å²) >= 11 is 0. The zero-order valence-electron chi connectivity index (χ0n) is 6.75. The number of aromatic amines is 1. The Morgan fingerprint density at radius 2 is 2.14 bits per heavy atom. The van der Waals surface area contributed by atoms with E-state index < -0.39 is 34.8 Å². The molecule has 5 nitrogen and oxygen atoms in total. The molecule has 0 amide bonds. The van der Waals surface area contributed by atoms with E-state index in [1.165, 1.54) is 0 Å². The van der Waals surface area contributed by atoms with E-state index in [1.54, 1.807) is 0 Å². The predicted octanol–water partition coefficient (Wildman–Crippen LogP) is 0.593. The number of rotatable bonds is 2. The quantitative estimate of drug-likeness (QED) is 0.656. The molecule has 0 unspecified atom stereocenters. The summed E-state index contributed by atoms with van der Waals surface area (Å²) in [6.45, 7) is 0. The van der Waals surface area contributed by atoms with Crippen molar-refractivity contribution in [3.8, 4) is 0 Å². The van der Waals surface area contributed by atoms with Crippen LogP contribution in [0.3, 0.4) is 0 Å². The Kier molecular flexibility index (Phi) is 2.50. The predicted molar refractivity (Wildman–Crippen MR) is 43.4 cm³/mol. The van der Waals surface area contributed by atoms with Crippen molar-refractivity contribution in [1.82, 2.24) is 4.98 Å². The molecule has 1 heterocycles. The number of nitrogens with one attached hydrogen (secondary N) is 1. The van der Waals surface area contributed by atoms with Gasteiger partial charge in [-0.25, -0.2) is 13.6 Å². The van der Waals surface area contributed by atoms with Gasteiger partial charge in [-0.2, -0.15) is 0 Å². The van der Waals surface area contributed by atoms with Gasteiger partial charge in [0, 0.05) is 6.20 Å². The second-order valence-electron chi connectivity index (χ2n) is 2.46. The van der Waals surface area contributed by atoms with Gasteiger partial charge >= 0.3 is 5.97 Å². The average Bonchev–Trinajstić information content (AvgIpc) is 2.08. The molecule has 0 saturated heterocycles. The van der Waals surface area contributed by atoms with E-state index in [0.717, 1.165) is 0 Å². The number of halogens is 2. The number of nitrogen functional groups attached to an aromatic ring is 1. The maximum Gasteiger partial charge on any atom is 0.337 e. The molecule has 0 fully saturated rings. The highest BCUT2D eigenvalue weighted by Gasteiger charge is 2.22. The molecule has 0 spiro atoms. The van der Waals surface area contributed by atoms with Gasteiger partial charge in [-0.05, 0) is 0 Å². The Hall–Kier alpha value is -1.92. The lowest BCUT2D eigenvalue weighted by molar-refractivity contribution is 0.0684. The van der Waals surface area contributed by atoms with Crippen molar-refractivity contribution >= 4 is 11.7 Å². The van der Waals surface area contributed by atoms with E-state index in [1.807, 2.05) is 4.98 Å². The molecular formula is C7H6F2N2O3. The molecule has 0 aromatic carbocycles. The van der Waals surface area contributed by atoms with E-state index >= 15 is 0 Å². The van der Waals surface area contributed by atoms with Crippen LogP contribution in [-0.2, 0) is 0 Å². The number of pyridine rings is 1. The Balaban J connectivity index is 3.53. The van der Waals surface area contributed by atoms with Crippen LogP contribution in [-0.4, -0.2) is 16.1 Å². The molecule has 1 rings (SSSR count). The molecule has 7 heteroatoms. The first-order valence-electron chi connectivity index (χ1n) is 3.47. The van der Waals surface area contributed by atoms with Crippen LogP contribution >= 0.6 is 0 Å². The van der Waals surface area contributed by atoms with Crippen molar-refractivity contribution in [3.63, 3.8) is 0 Å². The number of hydrogen-bond donors (Lipinski definition) is 3. The second-order valence-corrected chi connectivity index (χ2v) is 2.46. The summed E-state index contributed by atoms with van der Waals surface area (Å²) in [7, 11) is 0. The maximum atomic E-state index is 12.3. The molecule has 1 aromatic rings. The van der Waals surface area contributed by atoms with Gasteiger partial charge in [-0.1, -0.05) is 0 Å². The maximum absolute atomic E-state index is 12.3. The molecule has 76 valence electrons. The molecule has 4 N–H and O–H groups in total. The molecule has 14 heavy (non-hydrogen) atoms. The normalized spacial score (nSPS) is 10.5. The van der Waals surface area contributed by atoms with Gasteiger partial charge in [0.2, 0.25) is 0 Å². The number of carbonyl (C=O) groups is 1. The van der Waals surface area contributed by atoms with Crippen LogP contribution in [0.25, 0.3) is 0 Å². The van der Waals surface area contributed by atoms with Crippen LogP contribution < -0.4 is 11.3 Å². The summed E-state index contributed by atoms with van der Waals surface area (Å²) < 4.78 is 24.7. The number of H-pyrrole nitrogens is 1. The Morgan fingerprint density at radius 1 is 1.57 bits per heavy atom. The second kappa shape index (κ2) is 3.44. The number of carboxylic acids is 1. The highest BCUT2D eigenvalue weighted by atomic mass is 19.3. The van der Waals surface area contributed by atoms with E-state index in [9.17, 15) is 18.4 Å². The molecule has 1 aromatic heterocycles. The number of aromatic carboxylic acids is 1. The van der Waals surface area contributed by atoms with Gasteiger partial charge in [0.25, 0.3) is 12.0 Å². The van der Waals surface area contributed by atoms with Crippen molar-refractivity contribution < 1.29 is 18.7 Å². The van der Waals surface area contributed by atoms with Gasteiger partial charge < -0.3 is 15.8 Å². The van der Waals surface area contributed by atoms with Gasteiger partial charge in [-0.15, -0.1) is 0 Å². The van der Waals surface area contributed by atoms with Gasteiger partial charge in [-0.3, -0.25) is 4.79 Å². The monoisotopic (exact) mass is 204 g/mol. The van der Waals surface area contributed by atoms with Crippen LogP contribution in [0.5, 0.6) is 0 Å². The van der Waals surface area contributed by atoms with Crippen LogP contribution in [0.2, 0.25) is 0 Å². The van der Waals surface area contributed by atoms with Crippen molar-refractivity contribution in [2.45, 2.75) is 6.43 Å². The lowest BCUT2D eigenvalue weighted by Gasteiger charge is -2.06. The van der Waals surface area contributed by atoms with Gasteiger partial charge in [0.05, 0.1) is 11.1 Å². The summed E-state index contributed by atoms with van der Waals surface area (Å²) in [4.78, 5) is 23.2. The van der Waals surface area contributed by atoms with Crippen LogP contribution in [0.4, 0.5) is 14.5 Å². The first-order chi connectivity index (χ1) is 6.45. The number of anilines is 1. The molecule has 0 saturated carbocycles. The Morgan fingerprint density at radius 3 is 2.57 bits per heavy atom. The van der Waals surface area contributed by atoms with Crippen molar-refractivity contribution in [2.75, 3.05) is 5.73 Å². The summed E-state index contributed by atoms with van der Waals surface area (Å²) in [6.07, 6.45) is -2.40. The fourth-order valence-corrected chi connectivity index (χ4v) is 0.973.